The predicted molar refractivity (Wildman–Crippen MR) is 76.7 cm³/mol. The van der Waals surface area contributed by atoms with Crippen LogP contribution < -0.4 is 4.90 Å². The number of alkyl halides is 3. The fourth-order valence-electron chi connectivity index (χ4n) is 2.40. The van der Waals surface area contributed by atoms with Gasteiger partial charge >= 0.3 is 6.18 Å². The van der Waals surface area contributed by atoms with Crippen LogP contribution in [0, 0.1) is 5.82 Å². The molecule has 3 rings (SSSR count). The second kappa shape index (κ2) is 5.16. The summed E-state index contributed by atoms with van der Waals surface area (Å²) >= 11 is 2.78. The Morgan fingerprint density at radius 1 is 0.957 bits per heavy atom. The molecule has 0 aromatic heterocycles. The maximum atomic E-state index is 14.2. The summed E-state index contributed by atoms with van der Waals surface area (Å²) in [6.07, 6.45) is -4.94. The highest BCUT2D eigenvalue weighted by Crippen LogP contribution is 2.42. The van der Waals surface area contributed by atoms with Crippen LogP contribution in [-0.2, 0) is 6.18 Å². The summed E-state index contributed by atoms with van der Waals surface area (Å²) in [6.45, 7) is 0. The van der Waals surface area contributed by atoms with Crippen LogP contribution in [0.2, 0.25) is 0 Å². The van der Waals surface area contributed by atoms with Gasteiger partial charge in [0.05, 0.1) is 16.7 Å². The van der Waals surface area contributed by atoms with Crippen molar-refractivity contribution in [3.05, 3.63) is 63.4 Å². The lowest BCUT2D eigenvalue weighted by atomic mass is 10.1. The van der Waals surface area contributed by atoms with Gasteiger partial charge in [0.1, 0.15) is 11.5 Å². The van der Waals surface area contributed by atoms with Gasteiger partial charge in [0.2, 0.25) is 0 Å². The Hall–Kier alpha value is -2.22. The van der Waals surface area contributed by atoms with E-state index in [4.69, 9.17) is 0 Å². The number of carbonyl (C=O) groups excluding carboxylic acids is 2. The van der Waals surface area contributed by atoms with Crippen molar-refractivity contribution in [2.45, 2.75) is 6.18 Å². The third-order valence-electron chi connectivity index (χ3n) is 3.35. The summed E-state index contributed by atoms with van der Waals surface area (Å²) in [4.78, 5) is 24.8. The lowest BCUT2D eigenvalue weighted by molar-refractivity contribution is -0.137. The van der Waals surface area contributed by atoms with Crippen LogP contribution in [0.3, 0.4) is 0 Å². The van der Waals surface area contributed by atoms with Gasteiger partial charge in [-0.1, -0.05) is 28.1 Å². The normalized spacial score (nSPS) is 14.4. The first kappa shape index (κ1) is 15.7. The number of hydrogen-bond acceptors (Lipinski definition) is 2. The van der Waals surface area contributed by atoms with Crippen molar-refractivity contribution >= 4 is 33.4 Å². The summed E-state index contributed by atoms with van der Waals surface area (Å²) in [5.74, 6) is -3.30. The molecule has 2 aromatic rings. The van der Waals surface area contributed by atoms with Crippen molar-refractivity contribution in [2.75, 3.05) is 4.90 Å². The Morgan fingerprint density at radius 3 is 1.96 bits per heavy atom. The van der Waals surface area contributed by atoms with E-state index in [2.05, 4.69) is 15.9 Å². The van der Waals surface area contributed by atoms with Crippen molar-refractivity contribution in [2.24, 2.45) is 0 Å². The van der Waals surface area contributed by atoms with Crippen molar-refractivity contribution in [3.8, 4) is 0 Å². The molecule has 0 atom stereocenters. The van der Waals surface area contributed by atoms with E-state index in [0.717, 1.165) is 6.07 Å². The summed E-state index contributed by atoms with van der Waals surface area (Å²) in [7, 11) is 0. The van der Waals surface area contributed by atoms with Gasteiger partial charge < -0.3 is 0 Å². The summed E-state index contributed by atoms with van der Waals surface area (Å²) in [6, 6.07) is 6.95. The van der Waals surface area contributed by atoms with Gasteiger partial charge in [-0.2, -0.15) is 13.2 Å². The maximum Gasteiger partial charge on any atom is 0.418 e. The fourth-order valence-corrected chi connectivity index (χ4v) is 2.83. The molecule has 0 spiro atoms. The van der Waals surface area contributed by atoms with Crippen LogP contribution in [0.4, 0.5) is 23.2 Å². The molecule has 118 valence electrons. The monoisotopic (exact) mass is 387 g/mol. The van der Waals surface area contributed by atoms with E-state index in [-0.39, 0.29) is 20.5 Å². The van der Waals surface area contributed by atoms with Crippen molar-refractivity contribution < 1.29 is 27.2 Å². The smallest absolute Gasteiger partial charge is 0.268 e. The van der Waals surface area contributed by atoms with E-state index in [0.29, 0.717) is 6.07 Å². The molecule has 0 fully saturated rings. The molecule has 0 aliphatic carbocycles. The summed E-state index contributed by atoms with van der Waals surface area (Å²) in [5, 5.41) is 0. The van der Waals surface area contributed by atoms with Gasteiger partial charge in [-0.3, -0.25) is 9.59 Å². The van der Waals surface area contributed by atoms with Gasteiger partial charge in [0.15, 0.2) is 0 Å². The number of amides is 2. The number of hydrogen-bond donors (Lipinski definition) is 0. The van der Waals surface area contributed by atoms with E-state index in [1.807, 2.05) is 0 Å². The topological polar surface area (TPSA) is 37.4 Å². The molecule has 1 heterocycles. The van der Waals surface area contributed by atoms with Crippen molar-refractivity contribution in [1.29, 1.82) is 0 Å². The molecule has 23 heavy (non-hydrogen) atoms. The third-order valence-corrected chi connectivity index (χ3v) is 3.81. The van der Waals surface area contributed by atoms with Gasteiger partial charge in [-0.05, 0) is 24.3 Å². The summed E-state index contributed by atoms with van der Waals surface area (Å²) in [5.41, 5.74) is -2.62. The minimum atomic E-state index is -4.94. The molecule has 1 aliphatic rings. The van der Waals surface area contributed by atoms with Crippen LogP contribution >= 0.6 is 15.9 Å². The van der Waals surface area contributed by atoms with Gasteiger partial charge in [0, 0.05) is 4.47 Å². The number of anilines is 1. The largest absolute Gasteiger partial charge is 0.418 e. The standard InChI is InChI=1S/C15H6BrF4NO2/c16-7-5-10(15(18,19)20)12(11(17)6-7)21-13(22)8-3-1-2-4-9(8)14(21)23/h1-6H. The second-order valence-electron chi connectivity index (χ2n) is 4.77. The third kappa shape index (κ3) is 2.42. The Morgan fingerprint density at radius 2 is 1.48 bits per heavy atom. The molecule has 0 unspecified atom stereocenters. The lowest BCUT2D eigenvalue weighted by Crippen LogP contribution is -2.32. The molecule has 1 aliphatic heterocycles. The Balaban J connectivity index is 2.25. The predicted octanol–water partition coefficient (Wildman–Crippen LogP) is 4.41. The van der Waals surface area contributed by atoms with Crippen LogP contribution in [0.1, 0.15) is 26.3 Å². The summed E-state index contributed by atoms with van der Waals surface area (Å²) < 4.78 is 53.7. The van der Waals surface area contributed by atoms with Crippen LogP contribution in [0.5, 0.6) is 0 Å². The number of fused-ring (bicyclic) bond motifs is 1. The van der Waals surface area contributed by atoms with Crippen LogP contribution in [0.25, 0.3) is 0 Å². The quantitative estimate of drug-likeness (QED) is 0.536. The minimum absolute atomic E-state index is 0.0621. The molecular weight excluding hydrogens is 382 g/mol. The Kier molecular flexibility index (Phi) is 3.51. The molecule has 2 aromatic carbocycles. The number of benzene rings is 2. The fraction of sp³-hybridized carbons (Fsp3) is 0.0667. The molecule has 2 amide bonds. The highest BCUT2D eigenvalue weighted by molar-refractivity contribution is 9.10. The number of halogens is 5. The van der Waals surface area contributed by atoms with Crippen molar-refractivity contribution in [1.82, 2.24) is 0 Å². The van der Waals surface area contributed by atoms with E-state index in [9.17, 15) is 27.2 Å². The zero-order valence-electron chi connectivity index (χ0n) is 11.1. The number of imide groups is 1. The molecular formula is C15H6BrF4NO2. The minimum Gasteiger partial charge on any atom is -0.268 e. The van der Waals surface area contributed by atoms with Crippen LogP contribution in [-0.4, -0.2) is 11.8 Å². The first-order valence-corrected chi connectivity index (χ1v) is 7.05. The molecule has 8 heteroatoms. The lowest BCUT2D eigenvalue weighted by Gasteiger charge is -2.20. The molecule has 0 bridgehead atoms. The molecule has 0 N–H and O–H groups in total. The van der Waals surface area contributed by atoms with Gasteiger partial charge in [-0.25, -0.2) is 9.29 Å². The van der Waals surface area contributed by atoms with E-state index in [1.165, 1.54) is 24.3 Å². The Labute approximate surface area is 135 Å². The average molecular weight is 388 g/mol. The zero-order chi connectivity index (χ0) is 16.9. The first-order chi connectivity index (χ1) is 10.7. The SMILES string of the molecule is O=C1c2ccccc2C(=O)N1c1c(F)cc(Br)cc1C(F)(F)F. The van der Waals surface area contributed by atoms with Crippen molar-refractivity contribution in [3.63, 3.8) is 0 Å². The van der Waals surface area contributed by atoms with E-state index in [1.54, 1.807) is 0 Å². The van der Waals surface area contributed by atoms with Crippen LogP contribution in [0.15, 0.2) is 40.9 Å². The highest BCUT2D eigenvalue weighted by atomic mass is 79.9. The van der Waals surface area contributed by atoms with E-state index < -0.39 is 35.1 Å². The highest BCUT2D eigenvalue weighted by Gasteiger charge is 2.44. The molecule has 0 saturated heterocycles. The number of carbonyl (C=O) groups is 2. The van der Waals surface area contributed by atoms with E-state index >= 15 is 0 Å². The number of rotatable bonds is 1. The number of nitrogens with zero attached hydrogens (tertiary/aromatic N) is 1. The molecule has 3 nitrogen and oxygen atoms in total. The average Bonchev–Trinajstić information content (AvgIpc) is 2.71. The maximum absolute atomic E-state index is 14.2. The molecule has 0 saturated carbocycles. The second-order valence-corrected chi connectivity index (χ2v) is 5.69. The zero-order valence-corrected chi connectivity index (χ0v) is 12.7. The Bertz CT molecular complexity index is 813. The van der Waals surface area contributed by atoms with Gasteiger partial charge in [0.25, 0.3) is 11.8 Å². The first-order valence-electron chi connectivity index (χ1n) is 6.26. The van der Waals surface area contributed by atoms with Gasteiger partial charge in [-0.15, -0.1) is 0 Å². The molecule has 0 radical (unpaired) electrons.